The van der Waals surface area contributed by atoms with Crippen LogP contribution in [0.5, 0.6) is 0 Å². The van der Waals surface area contributed by atoms with Crippen molar-refractivity contribution in [3.05, 3.63) is 122 Å². The van der Waals surface area contributed by atoms with Crippen molar-refractivity contribution in [3.8, 4) is 0 Å². The molecule has 0 saturated heterocycles. The normalized spacial score (nSPS) is 12.9. The van der Waals surface area contributed by atoms with Crippen LogP contribution in [0.25, 0.3) is 0 Å². The van der Waals surface area contributed by atoms with Gasteiger partial charge in [0.2, 0.25) is 0 Å². The van der Waals surface area contributed by atoms with Crippen molar-refractivity contribution in [2.45, 2.75) is 284 Å². The molecule has 0 amide bonds. The van der Waals surface area contributed by atoms with E-state index >= 15 is 0 Å². The highest BCUT2D eigenvalue weighted by atomic mass is 16.6. The van der Waals surface area contributed by atoms with Gasteiger partial charge < -0.3 is 14.2 Å². The van der Waals surface area contributed by atoms with E-state index in [9.17, 15) is 14.4 Å². The molecule has 0 N–H and O–H groups in total. The van der Waals surface area contributed by atoms with E-state index in [0.29, 0.717) is 19.3 Å². The number of allylic oxidation sites excluding steroid dienone is 20. The summed E-state index contributed by atoms with van der Waals surface area (Å²) in [6, 6.07) is 0. The Hall–Kier alpha value is -4.19. The fourth-order valence-corrected chi connectivity index (χ4v) is 8.34. The monoisotopic (exact) mass is 1040 g/mol. The predicted octanol–water partition coefficient (Wildman–Crippen LogP) is 21.2. The lowest BCUT2D eigenvalue weighted by Gasteiger charge is -2.18. The van der Waals surface area contributed by atoms with Gasteiger partial charge in [-0.15, -0.1) is 0 Å². The molecule has 0 aromatic carbocycles. The van der Waals surface area contributed by atoms with Gasteiger partial charge in [-0.3, -0.25) is 14.4 Å². The Balaban J connectivity index is 4.53. The molecule has 0 spiro atoms. The second-order valence-electron chi connectivity index (χ2n) is 20.2. The van der Waals surface area contributed by atoms with Gasteiger partial charge in [0.1, 0.15) is 13.2 Å². The summed E-state index contributed by atoms with van der Waals surface area (Å²) in [7, 11) is 0. The molecule has 0 aromatic heterocycles. The van der Waals surface area contributed by atoms with Gasteiger partial charge in [0.05, 0.1) is 0 Å². The van der Waals surface area contributed by atoms with Crippen LogP contribution in [-0.4, -0.2) is 37.2 Å². The third kappa shape index (κ3) is 60.6. The molecule has 1 atom stereocenters. The summed E-state index contributed by atoms with van der Waals surface area (Å²) in [6.45, 7) is 6.41. The van der Waals surface area contributed by atoms with Crippen LogP contribution in [0.15, 0.2) is 122 Å². The van der Waals surface area contributed by atoms with Crippen LogP contribution in [-0.2, 0) is 28.6 Å². The second-order valence-corrected chi connectivity index (χ2v) is 20.2. The molecule has 0 heterocycles. The Labute approximate surface area is 462 Å². The van der Waals surface area contributed by atoms with Crippen LogP contribution in [0.2, 0.25) is 0 Å². The van der Waals surface area contributed by atoms with Crippen LogP contribution in [0.1, 0.15) is 278 Å². The van der Waals surface area contributed by atoms with E-state index in [1.807, 2.05) is 6.08 Å². The number of hydrogen-bond donors (Lipinski definition) is 0. The maximum atomic E-state index is 12.9. The van der Waals surface area contributed by atoms with Crippen LogP contribution < -0.4 is 0 Å². The summed E-state index contributed by atoms with van der Waals surface area (Å²) >= 11 is 0. The quantitative estimate of drug-likeness (QED) is 0.0261. The van der Waals surface area contributed by atoms with E-state index in [4.69, 9.17) is 14.2 Å². The minimum Gasteiger partial charge on any atom is -0.462 e. The summed E-state index contributed by atoms with van der Waals surface area (Å²) in [5.74, 6) is -1.06. The van der Waals surface area contributed by atoms with Gasteiger partial charge in [0.25, 0.3) is 0 Å². The van der Waals surface area contributed by atoms with E-state index in [0.717, 1.165) is 83.5 Å². The van der Waals surface area contributed by atoms with Crippen molar-refractivity contribution in [3.63, 3.8) is 0 Å². The number of ether oxygens (including phenoxy) is 3. The van der Waals surface area contributed by atoms with Crippen molar-refractivity contribution in [1.29, 1.82) is 0 Å². The van der Waals surface area contributed by atoms with Gasteiger partial charge in [-0.2, -0.15) is 0 Å². The number of carbonyl (C=O) groups excluding carboxylic acids is 3. The predicted molar refractivity (Wildman–Crippen MR) is 325 cm³/mol. The molecular formula is C69H114O6. The smallest absolute Gasteiger partial charge is 0.306 e. The maximum absolute atomic E-state index is 12.9. The fraction of sp³-hybridized carbons (Fsp3) is 0.667. The average molecular weight is 1040 g/mol. The van der Waals surface area contributed by atoms with Gasteiger partial charge in [0.15, 0.2) is 6.10 Å². The highest BCUT2D eigenvalue weighted by Gasteiger charge is 2.19. The molecule has 0 fully saturated rings. The molecular weight excluding hydrogens is 925 g/mol. The first-order chi connectivity index (χ1) is 37.0. The molecule has 426 valence electrons. The number of rotatable bonds is 55. The summed E-state index contributed by atoms with van der Waals surface area (Å²) in [5, 5.41) is 0. The molecule has 0 aliphatic rings. The Kier molecular flexibility index (Phi) is 58.9. The SMILES string of the molecule is CC/C=C\C/C=C\C/C=C\C/C=C\C/C=C\C/C=C\CCC(=O)OC[C@H](COC(=O)CCCCCCCCCCCCCCCCCCCCCCC)OC(=O)CCC/C=C\C/C=C\C/C=C\C/C=C\CCCCC. The summed E-state index contributed by atoms with van der Waals surface area (Å²) in [4.78, 5) is 38.2. The molecule has 6 nitrogen and oxygen atoms in total. The highest BCUT2D eigenvalue weighted by molar-refractivity contribution is 5.71. The number of esters is 3. The molecule has 0 aliphatic carbocycles. The van der Waals surface area contributed by atoms with E-state index in [2.05, 4.69) is 136 Å². The Morgan fingerprint density at radius 2 is 0.560 bits per heavy atom. The minimum atomic E-state index is -0.840. The van der Waals surface area contributed by atoms with E-state index in [-0.39, 0.29) is 44.0 Å². The largest absolute Gasteiger partial charge is 0.462 e. The molecule has 0 unspecified atom stereocenters. The highest BCUT2D eigenvalue weighted by Crippen LogP contribution is 2.16. The lowest BCUT2D eigenvalue weighted by atomic mass is 10.0. The number of unbranched alkanes of at least 4 members (excludes halogenated alkanes) is 24. The van der Waals surface area contributed by atoms with Gasteiger partial charge >= 0.3 is 17.9 Å². The molecule has 0 aliphatic heterocycles. The van der Waals surface area contributed by atoms with Gasteiger partial charge in [-0.25, -0.2) is 0 Å². The van der Waals surface area contributed by atoms with Crippen molar-refractivity contribution in [2.24, 2.45) is 0 Å². The molecule has 0 bridgehead atoms. The van der Waals surface area contributed by atoms with Gasteiger partial charge in [-0.05, 0) is 96.3 Å². The van der Waals surface area contributed by atoms with Crippen LogP contribution in [0, 0.1) is 0 Å². The first kappa shape index (κ1) is 70.8. The molecule has 0 aromatic rings. The third-order valence-corrected chi connectivity index (χ3v) is 13.0. The fourth-order valence-electron chi connectivity index (χ4n) is 8.34. The second kappa shape index (κ2) is 62.4. The average Bonchev–Trinajstić information content (AvgIpc) is 3.41. The molecule has 0 rings (SSSR count). The summed E-state index contributed by atoms with van der Waals surface area (Å²) in [6.07, 6.45) is 86.5. The Morgan fingerprint density at radius 1 is 0.280 bits per heavy atom. The Morgan fingerprint density at radius 3 is 0.933 bits per heavy atom. The van der Waals surface area contributed by atoms with E-state index in [1.165, 1.54) is 141 Å². The summed E-state index contributed by atoms with van der Waals surface area (Å²) < 4.78 is 16.8. The first-order valence-electron chi connectivity index (χ1n) is 31.0. The van der Waals surface area contributed by atoms with E-state index < -0.39 is 6.10 Å². The number of carbonyl (C=O) groups is 3. The zero-order valence-corrected chi connectivity index (χ0v) is 48.8. The van der Waals surface area contributed by atoms with Crippen molar-refractivity contribution < 1.29 is 28.6 Å². The third-order valence-electron chi connectivity index (χ3n) is 13.0. The zero-order valence-electron chi connectivity index (χ0n) is 48.8. The number of hydrogen-bond acceptors (Lipinski definition) is 6. The first-order valence-corrected chi connectivity index (χ1v) is 31.0. The summed E-state index contributed by atoms with van der Waals surface area (Å²) in [5.41, 5.74) is 0. The van der Waals surface area contributed by atoms with Crippen molar-refractivity contribution >= 4 is 17.9 Å². The van der Waals surface area contributed by atoms with Crippen LogP contribution in [0.4, 0.5) is 0 Å². The van der Waals surface area contributed by atoms with Crippen molar-refractivity contribution in [2.75, 3.05) is 13.2 Å². The zero-order chi connectivity index (χ0) is 54.3. The lowest BCUT2D eigenvalue weighted by Crippen LogP contribution is -2.30. The van der Waals surface area contributed by atoms with Crippen molar-refractivity contribution in [1.82, 2.24) is 0 Å². The molecule has 0 radical (unpaired) electrons. The topological polar surface area (TPSA) is 78.9 Å². The van der Waals surface area contributed by atoms with Gasteiger partial charge in [0, 0.05) is 19.3 Å². The standard InChI is InChI=1S/C69H114O6/c1-4-7-10-13-16-19-22-25-28-31-33-34-36-39-41-44-47-50-53-56-59-62-68(71)74-65-66(75-69(72)63-60-57-54-51-48-45-42-37-30-27-24-21-18-15-12-9-6-3)64-73-67(70)61-58-55-52-49-46-43-40-38-35-32-29-26-23-20-17-14-11-8-5-2/h8,11,17-18,20-21,26-27,29-30,35,38,42-43,45-46,51-52,54-55,66H,4-7,9-10,12-16,19,22-25,28,31-34,36-37,39-41,44,47-50,53,56-65H2,1-3H3/b11-8-,20-17-,21-18-,29-26-,30-27-,38-35-,45-42-,46-43-,54-51-,55-52-/t66-/m1/s1. The van der Waals surface area contributed by atoms with E-state index in [1.54, 1.807) is 0 Å². The minimum absolute atomic E-state index is 0.124. The molecule has 75 heavy (non-hydrogen) atoms. The van der Waals surface area contributed by atoms with Crippen LogP contribution in [0.3, 0.4) is 0 Å². The Bertz CT molecular complexity index is 1570. The van der Waals surface area contributed by atoms with Crippen LogP contribution >= 0.6 is 0 Å². The van der Waals surface area contributed by atoms with Gasteiger partial charge in [-0.1, -0.05) is 284 Å². The molecule has 6 heteroatoms. The maximum Gasteiger partial charge on any atom is 0.306 e. The lowest BCUT2D eigenvalue weighted by molar-refractivity contribution is -0.166. The molecule has 0 saturated carbocycles.